The Morgan fingerprint density at radius 3 is 2.92 bits per heavy atom. The summed E-state index contributed by atoms with van der Waals surface area (Å²) in [6.07, 6.45) is 9.72. The topological polar surface area (TPSA) is 63.1 Å². The molecule has 1 saturated carbocycles. The standard InChI is InChI=1S/C21H35NO3/c1-4-5-6-7-11-22-13-16-18-17(25-20(16)24)12-15-10-8-9-14(2)21(15,3)19(18)23/h10,14,16-19,22-23H,4-9,11-13H2,1-3H3/p+1/t14-,16+,17+,18-,19+,21+/m1/s1. The average molecular weight is 351 g/mol. The average Bonchev–Trinajstić information content (AvgIpc) is 2.89. The van der Waals surface area contributed by atoms with E-state index in [1.807, 2.05) is 0 Å². The molecule has 3 aliphatic rings. The number of nitrogens with two attached hydrogens (primary N) is 1. The first-order valence-electron chi connectivity index (χ1n) is 10.4. The Morgan fingerprint density at radius 2 is 2.16 bits per heavy atom. The molecule has 3 rings (SSSR count). The van der Waals surface area contributed by atoms with Crippen molar-refractivity contribution in [2.24, 2.45) is 23.2 Å². The minimum absolute atomic E-state index is 0.0397. The van der Waals surface area contributed by atoms with E-state index >= 15 is 0 Å². The Bertz CT molecular complexity index is 517. The van der Waals surface area contributed by atoms with E-state index in [2.05, 4.69) is 32.2 Å². The van der Waals surface area contributed by atoms with Crippen molar-refractivity contribution in [2.45, 2.75) is 77.9 Å². The van der Waals surface area contributed by atoms with Gasteiger partial charge in [-0.15, -0.1) is 0 Å². The summed E-state index contributed by atoms with van der Waals surface area (Å²) in [6.45, 7) is 8.50. The molecule has 0 spiro atoms. The van der Waals surface area contributed by atoms with Gasteiger partial charge in [0.15, 0.2) is 0 Å². The maximum atomic E-state index is 12.5. The van der Waals surface area contributed by atoms with Crippen molar-refractivity contribution in [3.8, 4) is 0 Å². The molecule has 1 saturated heterocycles. The molecule has 0 aromatic carbocycles. The normalized spacial score (nSPS) is 40.2. The summed E-state index contributed by atoms with van der Waals surface area (Å²) in [4.78, 5) is 12.5. The highest BCUT2D eigenvalue weighted by atomic mass is 16.6. The van der Waals surface area contributed by atoms with Gasteiger partial charge < -0.3 is 15.2 Å². The van der Waals surface area contributed by atoms with Crippen molar-refractivity contribution in [3.05, 3.63) is 11.6 Å². The Labute approximate surface area is 152 Å². The highest BCUT2D eigenvalue weighted by Crippen LogP contribution is 2.55. The van der Waals surface area contributed by atoms with Crippen LogP contribution in [0.15, 0.2) is 11.6 Å². The molecular weight excluding hydrogens is 314 g/mol. The van der Waals surface area contributed by atoms with Crippen LogP contribution in [-0.4, -0.2) is 36.4 Å². The second-order valence-electron chi connectivity index (χ2n) is 8.67. The van der Waals surface area contributed by atoms with Crippen LogP contribution < -0.4 is 5.32 Å². The molecule has 0 radical (unpaired) electrons. The number of allylic oxidation sites excluding steroid dienone is 1. The number of hydrogen-bond acceptors (Lipinski definition) is 3. The Hall–Kier alpha value is -0.870. The van der Waals surface area contributed by atoms with E-state index in [4.69, 9.17) is 4.74 Å². The Balaban J connectivity index is 1.66. The van der Waals surface area contributed by atoms with Crippen LogP contribution in [-0.2, 0) is 9.53 Å². The van der Waals surface area contributed by atoms with Gasteiger partial charge in [-0.05, 0) is 31.6 Å². The molecule has 0 aromatic heterocycles. The summed E-state index contributed by atoms with van der Waals surface area (Å²) in [5.74, 6) is 0.174. The fourth-order valence-electron chi connectivity index (χ4n) is 5.34. The van der Waals surface area contributed by atoms with Gasteiger partial charge in [-0.1, -0.05) is 45.3 Å². The van der Waals surface area contributed by atoms with Crippen LogP contribution >= 0.6 is 0 Å². The van der Waals surface area contributed by atoms with Crippen molar-refractivity contribution < 1.29 is 20.0 Å². The van der Waals surface area contributed by atoms with Gasteiger partial charge in [0, 0.05) is 17.8 Å². The van der Waals surface area contributed by atoms with Crippen molar-refractivity contribution in [1.82, 2.24) is 0 Å². The SMILES string of the molecule is CCCCCC[NH2+]C[C@@H]1C(=O)O[C@H]2CC3=CCC[C@@H](C)[C@]3(C)[C@@H](O)[C@@H]21. The molecule has 0 aromatic rings. The lowest BCUT2D eigenvalue weighted by Gasteiger charge is -2.51. The van der Waals surface area contributed by atoms with E-state index in [0.717, 1.165) is 32.4 Å². The third kappa shape index (κ3) is 3.40. The molecule has 3 N–H and O–H groups in total. The van der Waals surface area contributed by atoms with Gasteiger partial charge in [-0.25, -0.2) is 0 Å². The maximum Gasteiger partial charge on any atom is 0.315 e. The van der Waals surface area contributed by atoms with Crippen molar-refractivity contribution in [2.75, 3.05) is 13.1 Å². The highest BCUT2D eigenvalue weighted by molar-refractivity contribution is 5.76. The number of hydrogen-bond donors (Lipinski definition) is 2. The molecule has 4 nitrogen and oxygen atoms in total. The summed E-state index contributed by atoms with van der Waals surface area (Å²) in [5.41, 5.74) is 1.13. The summed E-state index contributed by atoms with van der Waals surface area (Å²) in [7, 11) is 0. The van der Waals surface area contributed by atoms with Crippen LogP contribution in [0.3, 0.4) is 0 Å². The summed E-state index contributed by atoms with van der Waals surface area (Å²) in [6, 6.07) is 0. The predicted molar refractivity (Wildman–Crippen MR) is 97.9 cm³/mol. The van der Waals surface area contributed by atoms with Gasteiger partial charge in [-0.3, -0.25) is 4.79 Å². The third-order valence-electron chi connectivity index (χ3n) is 7.25. The lowest BCUT2D eigenvalue weighted by atomic mass is 9.55. The van der Waals surface area contributed by atoms with Gasteiger partial charge >= 0.3 is 5.97 Å². The molecule has 25 heavy (non-hydrogen) atoms. The molecule has 4 heteroatoms. The lowest BCUT2D eigenvalue weighted by molar-refractivity contribution is -0.659. The van der Waals surface area contributed by atoms with Crippen molar-refractivity contribution in [3.63, 3.8) is 0 Å². The van der Waals surface area contributed by atoms with Crippen LogP contribution in [0.4, 0.5) is 0 Å². The second-order valence-corrected chi connectivity index (χ2v) is 8.67. The lowest BCUT2D eigenvalue weighted by Crippen LogP contribution is -2.86. The van der Waals surface area contributed by atoms with E-state index in [0.29, 0.717) is 5.92 Å². The number of ether oxygens (including phenoxy) is 1. The molecule has 2 fully saturated rings. The smallest absolute Gasteiger partial charge is 0.315 e. The number of fused-ring (bicyclic) bond motifs is 2. The van der Waals surface area contributed by atoms with E-state index in [1.165, 1.54) is 31.3 Å². The molecular formula is C21H36NO3+. The summed E-state index contributed by atoms with van der Waals surface area (Å²) >= 11 is 0. The predicted octanol–water partition coefficient (Wildman–Crippen LogP) is 2.42. The van der Waals surface area contributed by atoms with Crippen LogP contribution in [0.2, 0.25) is 0 Å². The van der Waals surface area contributed by atoms with Crippen LogP contribution in [0.25, 0.3) is 0 Å². The molecule has 0 unspecified atom stereocenters. The molecule has 142 valence electrons. The Morgan fingerprint density at radius 1 is 1.36 bits per heavy atom. The fourth-order valence-corrected chi connectivity index (χ4v) is 5.34. The largest absolute Gasteiger partial charge is 0.461 e. The minimum Gasteiger partial charge on any atom is -0.461 e. The molecule has 6 atom stereocenters. The first-order valence-corrected chi connectivity index (χ1v) is 10.4. The van der Waals surface area contributed by atoms with Crippen LogP contribution in [0.1, 0.15) is 65.7 Å². The summed E-state index contributed by atoms with van der Waals surface area (Å²) in [5, 5.41) is 13.5. The number of aliphatic hydroxyl groups is 1. The highest BCUT2D eigenvalue weighted by Gasteiger charge is 2.60. The van der Waals surface area contributed by atoms with E-state index in [-0.39, 0.29) is 29.3 Å². The number of carbonyl (C=O) groups is 1. The van der Waals surface area contributed by atoms with Gasteiger partial charge in [0.2, 0.25) is 0 Å². The number of aliphatic hydroxyl groups excluding tert-OH is 1. The molecule has 1 heterocycles. The molecule has 0 amide bonds. The van der Waals surface area contributed by atoms with Gasteiger partial charge in [0.25, 0.3) is 0 Å². The molecule has 0 bridgehead atoms. The third-order valence-corrected chi connectivity index (χ3v) is 7.25. The molecule has 2 aliphatic carbocycles. The Kier molecular flexibility index (Phi) is 5.89. The zero-order valence-electron chi connectivity index (χ0n) is 16.2. The number of esters is 1. The minimum atomic E-state index is -0.474. The maximum absolute atomic E-state index is 12.5. The summed E-state index contributed by atoms with van der Waals surface area (Å²) < 4.78 is 5.71. The zero-order chi connectivity index (χ0) is 18.0. The van der Waals surface area contributed by atoms with E-state index in [1.54, 1.807) is 0 Å². The van der Waals surface area contributed by atoms with Crippen LogP contribution in [0, 0.1) is 23.2 Å². The van der Waals surface area contributed by atoms with Crippen LogP contribution in [0.5, 0.6) is 0 Å². The van der Waals surface area contributed by atoms with Gasteiger partial charge in [-0.2, -0.15) is 0 Å². The first kappa shape index (κ1) is 18.9. The zero-order valence-corrected chi connectivity index (χ0v) is 16.2. The fraction of sp³-hybridized carbons (Fsp3) is 0.857. The van der Waals surface area contributed by atoms with Crippen molar-refractivity contribution in [1.29, 1.82) is 0 Å². The quantitative estimate of drug-likeness (QED) is 0.421. The number of carbonyl (C=O) groups excluding carboxylic acids is 1. The van der Waals surface area contributed by atoms with E-state index < -0.39 is 6.10 Å². The number of unbranched alkanes of at least 4 members (excludes halogenated alkanes) is 3. The number of rotatable bonds is 7. The number of quaternary nitrogens is 1. The van der Waals surface area contributed by atoms with Gasteiger partial charge in [0.1, 0.15) is 12.0 Å². The van der Waals surface area contributed by atoms with E-state index in [9.17, 15) is 9.90 Å². The van der Waals surface area contributed by atoms with Crippen molar-refractivity contribution >= 4 is 5.97 Å². The van der Waals surface area contributed by atoms with Gasteiger partial charge in [0.05, 0.1) is 19.2 Å². The first-order chi connectivity index (χ1) is 12.0. The monoisotopic (exact) mass is 350 g/mol. The second kappa shape index (κ2) is 7.79. The molecule has 1 aliphatic heterocycles.